The molecule has 0 aliphatic carbocycles. The van der Waals surface area contributed by atoms with Gasteiger partial charge in [0.2, 0.25) is 0 Å². The van der Waals surface area contributed by atoms with E-state index >= 15 is 0 Å². The Morgan fingerprint density at radius 3 is 2.75 bits per heavy atom. The van der Waals surface area contributed by atoms with E-state index in [2.05, 4.69) is 36.5 Å². The fourth-order valence-electron chi connectivity index (χ4n) is 2.04. The summed E-state index contributed by atoms with van der Waals surface area (Å²) in [7, 11) is 1.97. The Morgan fingerprint density at radius 2 is 2.12 bits per heavy atom. The molecule has 0 saturated carbocycles. The Bertz CT molecular complexity index is 334. The number of hydrogen-bond acceptors (Lipinski definition) is 3. The van der Waals surface area contributed by atoms with Crippen LogP contribution in [0.2, 0.25) is 0 Å². The third-order valence-corrected chi connectivity index (χ3v) is 2.91. The summed E-state index contributed by atoms with van der Waals surface area (Å²) < 4.78 is 10.9. The number of rotatable bonds is 4. The van der Waals surface area contributed by atoms with Crippen molar-refractivity contribution >= 4 is 0 Å². The zero-order chi connectivity index (χ0) is 11.4. The average Bonchev–Trinajstić information content (AvgIpc) is 2.78. The minimum Gasteiger partial charge on any atom is -0.350 e. The number of aryl methyl sites for hydroxylation is 1. The largest absolute Gasteiger partial charge is 0.350 e. The predicted octanol–water partition coefficient (Wildman–Crippen LogP) is 2.02. The van der Waals surface area contributed by atoms with Crippen LogP contribution < -0.4 is 5.32 Å². The fourth-order valence-corrected chi connectivity index (χ4v) is 2.04. The summed E-state index contributed by atoms with van der Waals surface area (Å²) in [6.45, 7) is 3.54. The molecule has 16 heavy (non-hydrogen) atoms. The van der Waals surface area contributed by atoms with E-state index in [0.717, 1.165) is 19.6 Å². The van der Waals surface area contributed by atoms with E-state index in [1.54, 1.807) is 0 Å². The maximum atomic E-state index is 5.47. The van der Waals surface area contributed by atoms with Crippen molar-refractivity contribution in [1.29, 1.82) is 0 Å². The molecule has 0 aromatic heterocycles. The molecular formula is C13H19NO2. The van der Waals surface area contributed by atoms with E-state index in [-0.39, 0.29) is 6.29 Å². The second-order valence-electron chi connectivity index (χ2n) is 4.16. The molecule has 1 unspecified atom stereocenters. The number of hydrogen-bond donors (Lipinski definition) is 1. The highest BCUT2D eigenvalue weighted by molar-refractivity contribution is 5.25. The van der Waals surface area contributed by atoms with E-state index in [4.69, 9.17) is 9.47 Å². The van der Waals surface area contributed by atoms with E-state index < -0.39 is 0 Å². The van der Waals surface area contributed by atoms with Crippen molar-refractivity contribution in [2.75, 3.05) is 20.3 Å². The van der Waals surface area contributed by atoms with Crippen LogP contribution in [0.1, 0.15) is 23.6 Å². The van der Waals surface area contributed by atoms with Crippen molar-refractivity contribution in [2.24, 2.45) is 0 Å². The standard InChI is InChI=1S/C13H19NO2/c1-10-4-3-5-11(8-10)12(14-2)9-13-15-6-7-16-13/h3-5,8,12-14H,6-7,9H2,1-2H3. The maximum Gasteiger partial charge on any atom is 0.159 e. The van der Waals surface area contributed by atoms with Gasteiger partial charge in [0.05, 0.1) is 13.2 Å². The van der Waals surface area contributed by atoms with Crippen molar-refractivity contribution in [3.05, 3.63) is 35.4 Å². The molecule has 0 spiro atoms. The molecule has 1 aromatic carbocycles. The first-order valence-corrected chi connectivity index (χ1v) is 5.76. The summed E-state index contributed by atoms with van der Waals surface area (Å²) in [5.74, 6) is 0. The minimum absolute atomic E-state index is 0.0574. The lowest BCUT2D eigenvalue weighted by Gasteiger charge is -2.20. The molecule has 0 bridgehead atoms. The van der Waals surface area contributed by atoms with Crippen molar-refractivity contribution in [3.8, 4) is 0 Å². The lowest BCUT2D eigenvalue weighted by Crippen LogP contribution is -2.23. The lowest BCUT2D eigenvalue weighted by atomic mass is 10.0. The van der Waals surface area contributed by atoms with Crippen LogP contribution in [-0.4, -0.2) is 26.6 Å². The quantitative estimate of drug-likeness (QED) is 0.843. The molecule has 1 aromatic rings. The maximum absolute atomic E-state index is 5.47. The first-order chi connectivity index (χ1) is 7.79. The van der Waals surface area contributed by atoms with Crippen molar-refractivity contribution < 1.29 is 9.47 Å². The molecule has 1 heterocycles. The van der Waals surface area contributed by atoms with Crippen molar-refractivity contribution in [1.82, 2.24) is 5.32 Å². The molecule has 1 N–H and O–H groups in total. The Morgan fingerprint density at radius 1 is 1.38 bits per heavy atom. The van der Waals surface area contributed by atoms with Gasteiger partial charge in [-0.1, -0.05) is 29.8 Å². The highest BCUT2D eigenvalue weighted by Gasteiger charge is 2.21. The zero-order valence-corrected chi connectivity index (χ0v) is 9.90. The highest BCUT2D eigenvalue weighted by atomic mass is 16.7. The van der Waals surface area contributed by atoms with Gasteiger partial charge in [-0.3, -0.25) is 0 Å². The van der Waals surface area contributed by atoms with Crippen LogP contribution in [0.25, 0.3) is 0 Å². The normalized spacial score (nSPS) is 18.9. The van der Waals surface area contributed by atoms with E-state index in [0.29, 0.717) is 6.04 Å². The second-order valence-corrected chi connectivity index (χ2v) is 4.16. The lowest BCUT2D eigenvalue weighted by molar-refractivity contribution is -0.0526. The van der Waals surface area contributed by atoms with Gasteiger partial charge < -0.3 is 14.8 Å². The molecule has 3 heteroatoms. The number of benzene rings is 1. The van der Waals surface area contributed by atoms with Gasteiger partial charge in [0, 0.05) is 12.5 Å². The molecule has 1 aliphatic heterocycles. The van der Waals surface area contributed by atoms with Crippen LogP contribution in [0.15, 0.2) is 24.3 Å². The SMILES string of the molecule is CNC(CC1OCCO1)c1cccc(C)c1. The number of nitrogens with one attached hydrogen (secondary N) is 1. The molecule has 1 fully saturated rings. The summed E-state index contributed by atoms with van der Waals surface area (Å²) in [5.41, 5.74) is 2.58. The van der Waals surface area contributed by atoms with Gasteiger partial charge in [-0.05, 0) is 19.5 Å². The first kappa shape index (κ1) is 11.6. The van der Waals surface area contributed by atoms with Crippen LogP contribution in [0, 0.1) is 6.92 Å². The van der Waals surface area contributed by atoms with Gasteiger partial charge in [-0.15, -0.1) is 0 Å². The zero-order valence-electron chi connectivity index (χ0n) is 9.90. The van der Waals surface area contributed by atoms with Crippen LogP contribution in [0.5, 0.6) is 0 Å². The Labute approximate surface area is 96.8 Å². The molecule has 88 valence electrons. The smallest absolute Gasteiger partial charge is 0.159 e. The van der Waals surface area contributed by atoms with Gasteiger partial charge in [-0.25, -0.2) is 0 Å². The predicted molar refractivity (Wildman–Crippen MR) is 63.3 cm³/mol. The number of ether oxygens (including phenoxy) is 2. The first-order valence-electron chi connectivity index (χ1n) is 5.76. The molecule has 0 amide bonds. The molecular weight excluding hydrogens is 202 g/mol. The second kappa shape index (κ2) is 5.43. The Kier molecular flexibility index (Phi) is 3.93. The summed E-state index contributed by atoms with van der Waals surface area (Å²) in [5, 5.41) is 3.31. The topological polar surface area (TPSA) is 30.5 Å². The van der Waals surface area contributed by atoms with Gasteiger partial charge in [0.25, 0.3) is 0 Å². The molecule has 1 aliphatic rings. The minimum atomic E-state index is -0.0574. The fraction of sp³-hybridized carbons (Fsp3) is 0.538. The highest BCUT2D eigenvalue weighted by Crippen LogP contribution is 2.22. The van der Waals surface area contributed by atoms with E-state index in [1.807, 2.05) is 7.05 Å². The van der Waals surface area contributed by atoms with Crippen LogP contribution in [0.4, 0.5) is 0 Å². The van der Waals surface area contributed by atoms with E-state index in [1.165, 1.54) is 11.1 Å². The van der Waals surface area contributed by atoms with Crippen LogP contribution >= 0.6 is 0 Å². The van der Waals surface area contributed by atoms with Gasteiger partial charge in [0.1, 0.15) is 0 Å². The summed E-state index contributed by atoms with van der Waals surface area (Å²) in [6.07, 6.45) is 0.804. The summed E-state index contributed by atoms with van der Waals surface area (Å²) >= 11 is 0. The monoisotopic (exact) mass is 221 g/mol. The van der Waals surface area contributed by atoms with Gasteiger partial charge in [-0.2, -0.15) is 0 Å². The molecule has 3 nitrogen and oxygen atoms in total. The molecule has 1 saturated heterocycles. The molecule has 1 atom stereocenters. The summed E-state index contributed by atoms with van der Waals surface area (Å²) in [6, 6.07) is 8.84. The van der Waals surface area contributed by atoms with Crippen LogP contribution in [-0.2, 0) is 9.47 Å². The summed E-state index contributed by atoms with van der Waals surface area (Å²) in [4.78, 5) is 0. The van der Waals surface area contributed by atoms with Crippen molar-refractivity contribution in [2.45, 2.75) is 25.7 Å². The molecule has 0 radical (unpaired) electrons. The third kappa shape index (κ3) is 2.82. The van der Waals surface area contributed by atoms with E-state index in [9.17, 15) is 0 Å². The Balaban J connectivity index is 2.03. The van der Waals surface area contributed by atoms with Crippen molar-refractivity contribution in [3.63, 3.8) is 0 Å². The van der Waals surface area contributed by atoms with Gasteiger partial charge >= 0.3 is 0 Å². The average molecular weight is 221 g/mol. The van der Waals surface area contributed by atoms with Gasteiger partial charge in [0.15, 0.2) is 6.29 Å². The Hall–Kier alpha value is -0.900. The third-order valence-electron chi connectivity index (χ3n) is 2.91. The van der Waals surface area contributed by atoms with Crippen LogP contribution in [0.3, 0.4) is 0 Å². The molecule has 2 rings (SSSR count).